The highest BCUT2D eigenvalue weighted by atomic mass is 32.5. The molecular weight excluding hydrogens is 307 g/mol. The Morgan fingerprint density at radius 3 is 2.29 bits per heavy atom. The van der Waals surface area contributed by atoms with Crippen LogP contribution in [0, 0.1) is 0 Å². The van der Waals surface area contributed by atoms with E-state index >= 15 is 0 Å². The number of hydrogen-bond acceptors (Lipinski definition) is 5. The number of unbranched alkanes of at least 4 members (excludes halogenated alkanes) is 2. The average Bonchev–Trinajstić information content (AvgIpc) is 2.48. The van der Waals surface area contributed by atoms with E-state index in [0.29, 0.717) is 24.5 Å². The van der Waals surface area contributed by atoms with Crippen molar-refractivity contribution in [1.82, 2.24) is 0 Å². The molecule has 118 valence electrons. The molecule has 0 radical (unpaired) electrons. The Hall–Kier alpha value is -0.740. The lowest BCUT2D eigenvalue weighted by Gasteiger charge is -2.22. The molecule has 0 unspecified atom stereocenters. The predicted octanol–water partition coefficient (Wildman–Crippen LogP) is 4.74. The quantitative estimate of drug-likeness (QED) is 0.333. The summed E-state index contributed by atoms with van der Waals surface area (Å²) < 4.78 is 17.1. The second-order valence-electron chi connectivity index (χ2n) is 4.60. The molecule has 0 atom stereocenters. The van der Waals surface area contributed by atoms with Crippen LogP contribution < -0.4 is 4.52 Å². The summed E-state index contributed by atoms with van der Waals surface area (Å²) >= 11 is 5.45. The van der Waals surface area contributed by atoms with E-state index in [0.717, 1.165) is 32.0 Å². The van der Waals surface area contributed by atoms with Crippen LogP contribution in [-0.4, -0.2) is 19.5 Å². The van der Waals surface area contributed by atoms with Gasteiger partial charge in [0.25, 0.3) is 0 Å². The third-order valence-corrected chi connectivity index (χ3v) is 4.99. The van der Waals surface area contributed by atoms with E-state index in [1.807, 2.05) is 0 Å². The van der Waals surface area contributed by atoms with Crippen molar-refractivity contribution in [3.8, 4) is 5.75 Å². The summed E-state index contributed by atoms with van der Waals surface area (Å²) in [6.07, 6.45) is 4.63. The third kappa shape index (κ3) is 7.18. The molecule has 1 aromatic carbocycles. The fourth-order valence-corrected chi connectivity index (χ4v) is 3.47. The normalized spacial score (nSPS) is 11.3. The van der Waals surface area contributed by atoms with Crippen molar-refractivity contribution >= 4 is 24.8 Å². The summed E-state index contributed by atoms with van der Waals surface area (Å²) in [7, 11) is 0. The van der Waals surface area contributed by atoms with Gasteiger partial charge in [0, 0.05) is 17.4 Å². The van der Waals surface area contributed by atoms with Crippen molar-refractivity contribution in [2.45, 2.75) is 39.5 Å². The number of carbonyl (C=O) groups is 1. The van der Waals surface area contributed by atoms with Crippen LogP contribution in [-0.2, 0) is 20.9 Å². The SMILES string of the molecule is CCCCOP(=S)(OCCCC)Oc1cccc(C=O)c1. The van der Waals surface area contributed by atoms with Gasteiger partial charge in [-0.1, -0.05) is 38.8 Å². The summed E-state index contributed by atoms with van der Waals surface area (Å²) in [6, 6.07) is 6.84. The summed E-state index contributed by atoms with van der Waals surface area (Å²) in [4.78, 5) is 10.8. The fourth-order valence-electron chi connectivity index (χ4n) is 1.51. The molecule has 1 rings (SSSR count). The van der Waals surface area contributed by atoms with Gasteiger partial charge in [0.05, 0.1) is 13.2 Å². The molecule has 0 saturated heterocycles. The third-order valence-electron chi connectivity index (χ3n) is 2.71. The summed E-state index contributed by atoms with van der Waals surface area (Å²) in [6.45, 7) is 2.39. The molecule has 0 heterocycles. The van der Waals surface area contributed by atoms with Gasteiger partial charge in [-0.3, -0.25) is 13.8 Å². The Bertz CT molecular complexity index is 464. The zero-order valence-corrected chi connectivity index (χ0v) is 14.3. The summed E-state index contributed by atoms with van der Waals surface area (Å²) in [5.41, 5.74) is 0.538. The van der Waals surface area contributed by atoms with Gasteiger partial charge in [-0.15, -0.1) is 0 Å². The fraction of sp³-hybridized carbons (Fsp3) is 0.533. The van der Waals surface area contributed by atoms with E-state index in [-0.39, 0.29) is 0 Å². The smallest absolute Gasteiger partial charge is 0.380 e. The molecule has 0 bridgehead atoms. The van der Waals surface area contributed by atoms with E-state index < -0.39 is 6.72 Å². The van der Waals surface area contributed by atoms with E-state index in [4.69, 9.17) is 25.4 Å². The highest BCUT2D eigenvalue weighted by Crippen LogP contribution is 2.50. The molecule has 0 N–H and O–H groups in total. The van der Waals surface area contributed by atoms with E-state index in [2.05, 4.69) is 13.8 Å². The molecule has 0 aliphatic rings. The average molecular weight is 330 g/mol. The minimum Gasteiger partial charge on any atom is -0.424 e. The Kier molecular flexibility index (Phi) is 8.77. The highest BCUT2D eigenvalue weighted by molar-refractivity contribution is 8.07. The van der Waals surface area contributed by atoms with Crippen molar-refractivity contribution in [1.29, 1.82) is 0 Å². The van der Waals surface area contributed by atoms with E-state index in [1.165, 1.54) is 0 Å². The Morgan fingerprint density at radius 1 is 1.14 bits per heavy atom. The molecule has 0 aromatic heterocycles. The van der Waals surface area contributed by atoms with Gasteiger partial charge in [0.1, 0.15) is 12.0 Å². The zero-order valence-electron chi connectivity index (χ0n) is 12.6. The maximum atomic E-state index is 10.8. The lowest BCUT2D eigenvalue weighted by Crippen LogP contribution is -2.04. The lowest BCUT2D eigenvalue weighted by molar-refractivity contribution is 0.112. The first kappa shape index (κ1) is 18.3. The molecule has 1 aromatic rings. The number of rotatable bonds is 11. The molecule has 0 spiro atoms. The lowest BCUT2D eigenvalue weighted by atomic mass is 10.2. The largest absolute Gasteiger partial charge is 0.424 e. The van der Waals surface area contributed by atoms with Gasteiger partial charge in [0.15, 0.2) is 0 Å². The maximum Gasteiger partial charge on any atom is 0.380 e. The maximum absolute atomic E-state index is 10.8. The van der Waals surface area contributed by atoms with Crippen LogP contribution in [0.1, 0.15) is 49.9 Å². The molecule has 0 fully saturated rings. The van der Waals surface area contributed by atoms with Gasteiger partial charge < -0.3 is 4.52 Å². The molecular formula is C15H23O4PS. The van der Waals surface area contributed by atoms with Crippen LogP contribution >= 0.6 is 6.72 Å². The van der Waals surface area contributed by atoms with Gasteiger partial charge in [-0.2, -0.15) is 0 Å². The van der Waals surface area contributed by atoms with Crippen LogP contribution in [0.3, 0.4) is 0 Å². The molecule has 6 heteroatoms. The van der Waals surface area contributed by atoms with E-state index in [9.17, 15) is 4.79 Å². The Balaban J connectivity index is 2.73. The monoisotopic (exact) mass is 330 g/mol. The van der Waals surface area contributed by atoms with Gasteiger partial charge >= 0.3 is 6.72 Å². The van der Waals surface area contributed by atoms with Crippen LogP contribution in [0.25, 0.3) is 0 Å². The highest BCUT2D eigenvalue weighted by Gasteiger charge is 2.22. The first-order valence-corrected chi connectivity index (χ1v) is 9.83. The van der Waals surface area contributed by atoms with E-state index in [1.54, 1.807) is 24.3 Å². The Labute approximate surface area is 132 Å². The number of benzene rings is 1. The first-order chi connectivity index (χ1) is 10.1. The Morgan fingerprint density at radius 2 is 1.76 bits per heavy atom. The molecule has 0 aliphatic carbocycles. The van der Waals surface area contributed by atoms with Gasteiger partial charge in [-0.05, 0) is 25.0 Å². The van der Waals surface area contributed by atoms with Crippen LogP contribution in [0.4, 0.5) is 0 Å². The van der Waals surface area contributed by atoms with Gasteiger partial charge in [0.2, 0.25) is 0 Å². The van der Waals surface area contributed by atoms with Crippen molar-refractivity contribution in [2.24, 2.45) is 0 Å². The minimum atomic E-state index is -2.81. The molecule has 0 saturated carbocycles. The van der Waals surface area contributed by atoms with Crippen molar-refractivity contribution in [3.05, 3.63) is 29.8 Å². The second kappa shape index (κ2) is 10.1. The first-order valence-electron chi connectivity index (χ1n) is 7.27. The summed E-state index contributed by atoms with van der Waals surface area (Å²) in [5, 5.41) is 0. The molecule has 21 heavy (non-hydrogen) atoms. The molecule has 0 aliphatic heterocycles. The van der Waals surface area contributed by atoms with Crippen molar-refractivity contribution < 1.29 is 18.4 Å². The number of hydrogen-bond donors (Lipinski definition) is 0. The van der Waals surface area contributed by atoms with Crippen molar-refractivity contribution in [2.75, 3.05) is 13.2 Å². The molecule has 0 amide bonds. The van der Waals surface area contributed by atoms with Crippen LogP contribution in [0.5, 0.6) is 5.75 Å². The second-order valence-corrected chi connectivity index (χ2v) is 7.54. The van der Waals surface area contributed by atoms with Crippen molar-refractivity contribution in [3.63, 3.8) is 0 Å². The predicted molar refractivity (Wildman–Crippen MR) is 88.5 cm³/mol. The zero-order chi connectivity index (χ0) is 15.6. The van der Waals surface area contributed by atoms with Crippen LogP contribution in [0.2, 0.25) is 0 Å². The topological polar surface area (TPSA) is 44.8 Å². The standard InChI is InChI=1S/C15H23O4PS/c1-3-5-10-17-20(21,18-11-6-4-2)19-15-9-7-8-14(12-15)13-16/h7-9,12-13H,3-6,10-11H2,1-2H3. The van der Waals surface area contributed by atoms with Crippen LogP contribution in [0.15, 0.2) is 24.3 Å². The molecule has 4 nitrogen and oxygen atoms in total. The number of carbonyl (C=O) groups excluding carboxylic acids is 1. The number of aldehydes is 1. The van der Waals surface area contributed by atoms with Gasteiger partial charge in [-0.25, -0.2) is 0 Å². The summed E-state index contributed by atoms with van der Waals surface area (Å²) in [5.74, 6) is 0.510. The minimum absolute atomic E-state index is 0.510.